The Balaban J connectivity index is 1.87. The number of carbonyl (C=O) groups is 1. The molecule has 1 aliphatic carbocycles. The van der Waals surface area contributed by atoms with Gasteiger partial charge in [0.2, 0.25) is 0 Å². The van der Waals surface area contributed by atoms with Crippen LogP contribution in [0.3, 0.4) is 0 Å². The first kappa shape index (κ1) is 21.5. The molecular formula is C27H24N4O3. The minimum absolute atomic E-state index is 0.0515. The number of fused-ring (bicyclic) bond motifs is 4. The van der Waals surface area contributed by atoms with Crippen molar-refractivity contribution >= 4 is 28.8 Å². The monoisotopic (exact) mass is 452 g/mol. The fraction of sp³-hybridized carbons (Fsp3) is 0.222. The van der Waals surface area contributed by atoms with Gasteiger partial charge >= 0.3 is 0 Å². The summed E-state index contributed by atoms with van der Waals surface area (Å²) in [5, 5.41) is 43.9. The van der Waals surface area contributed by atoms with Crippen molar-refractivity contribution in [2.24, 2.45) is 5.41 Å². The Labute approximate surface area is 197 Å². The summed E-state index contributed by atoms with van der Waals surface area (Å²) in [5.41, 5.74) is 2.82. The number of rotatable bonds is 1. The highest BCUT2D eigenvalue weighted by Crippen LogP contribution is 2.48. The number of benzene rings is 2. The number of aliphatic hydroxyl groups excluding tert-OH is 1. The number of Topliss-reactive ketones (excluding diaryl/α,β-unsaturated/α-hetero) is 1. The van der Waals surface area contributed by atoms with Crippen LogP contribution in [0.25, 0.3) is 5.76 Å². The lowest BCUT2D eigenvalue weighted by molar-refractivity contribution is -0.118. The molecule has 3 aliphatic rings. The SMILES string of the molecule is CC1(C)CC(=O)C2=C(C1)Nc1ccccc1N1C(=N)C(C#N)=C/C(=C(/O)c3ccccc3O)C21. The summed E-state index contributed by atoms with van der Waals surface area (Å²) in [4.78, 5) is 15.2. The molecule has 34 heavy (non-hydrogen) atoms. The molecule has 0 saturated carbocycles. The van der Waals surface area contributed by atoms with Crippen molar-refractivity contribution in [3.05, 3.63) is 82.6 Å². The number of aromatic hydroxyl groups is 1. The van der Waals surface area contributed by atoms with Crippen LogP contribution in [-0.4, -0.2) is 27.9 Å². The number of amidine groups is 1. The fourth-order valence-electron chi connectivity index (χ4n) is 5.07. The third-order valence-electron chi connectivity index (χ3n) is 6.54. The molecule has 0 radical (unpaired) electrons. The van der Waals surface area contributed by atoms with Gasteiger partial charge in [-0.2, -0.15) is 5.26 Å². The van der Waals surface area contributed by atoms with Crippen LogP contribution in [0.15, 0.2) is 77.0 Å². The maximum absolute atomic E-state index is 13.6. The molecule has 4 N–H and O–H groups in total. The van der Waals surface area contributed by atoms with E-state index in [2.05, 4.69) is 11.4 Å². The normalized spacial score (nSPS) is 22.4. The van der Waals surface area contributed by atoms with Gasteiger partial charge in [0, 0.05) is 23.3 Å². The quantitative estimate of drug-likeness (QED) is 0.450. The van der Waals surface area contributed by atoms with Crippen LogP contribution in [0, 0.1) is 22.2 Å². The fourth-order valence-corrected chi connectivity index (χ4v) is 5.07. The highest BCUT2D eigenvalue weighted by molar-refractivity contribution is 6.17. The van der Waals surface area contributed by atoms with Gasteiger partial charge in [0.1, 0.15) is 23.4 Å². The second-order valence-corrected chi connectivity index (χ2v) is 9.59. The number of nitrogens with zero attached hydrogens (tertiary/aromatic N) is 2. The van der Waals surface area contributed by atoms with Crippen LogP contribution in [0.1, 0.15) is 32.3 Å². The highest BCUT2D eigenvalue weighted by Gasteiger charge is 2.46. The number of nitrogens with one attached hydrogen (secondary N) is 2. The molecule has 7 nitrogen and oxygen atoms in total. The number of hydrogen-bond acceptors (Lipinski definition) is 6. The number of allylic oxidation sites excluding steroid dienone is 1. The molecule has 2 aliphatic heterocycles. The number of ketones is 1. The second-order valence-electron chi connectivity index (χ2n) is 9.59. The van der Waals surface area contributed by atoms with Crippen LogP contribution in [0.4, 0.5) is 11.4 Å². The average Bonchev–Trinajstić information content (AvgIpc) is 2.93. The van der Waals surface area contributed by atoms with E-state index in [4.69, 9.17) is 5.41 Å². The van der Waals surface area contributed by atoms with E-state index >= 15 is 0 Å². The predicted molar refractivity (Wildman–Crippen MR) is 130 cm³/mol. The third kappa shape index (κ3) is 3.27. The Morgan fingerprint density at radius 1 is 1.18 bits per heavy atom. The van der Waals surface area contributed by atoms with Gasteiger partial charge in [-0.15, -0.1) is 0 Å². The maximum Gasteiger partial charge on any atom is 0.163 e. The smallest absolute Gasteiger partial charge is 0.163 e. The van der Waals surface area contributed by atoms with Crippen molar-refractivity contribution in [2.75, 3.05) is 10.2 Å². The van der Waals surface area contributed by atoms with E-state index in [9.17, 15) is 20.3 Å². The molecule has 0 amide bonds. The molecule has 0 bridgehead atoms. The highest BCUT2D eigenvalue weighted by atomic mass is 16.3. The molecule has 1 unspecified atom stereocenters. The predicted octanol–water partition coefficient (Wildman–Crippen LogP) is 5.05. The Hall–Kier alpha value is -4.31. The van der Waals surface area contributed by atoms with Crippen molar-refractivity contribution in [3.63, 3.8) is 0 Å². The summed E-state index contributed by atoms with van der Waals surface area (Å²) in [7, 11) is 0. The largest absolute Gasteiger partial charge is 0.507 e. The van der Waals surface area contributed by atoms with Gasteiger partial charge in [-0.25, -0.2) is 0 Å². The van der Waals surface area contributed by atoms with E-state index in [0.29, 0.717) is 29.8 Å². The Bertz CT molecular complexity index is 1390. The lowest BCUT2D eigenvalue weighted by Gasteiger charge is -2.40. The molecule has 7 heteroatoms. The molecule has 0 spiro atoms. The summed E-state index contributed by atoms with van der Waals surface area (Å²) >= 11 is 0. The van der Waals surface area contributed by atoms with Gasteiger partial charge in [-0.1, -0.05) is 38.1 Å². The first-order valence-corrected chi connectivity index (χ1v) is 11.1. The summed E-state index contributed by atoms with van der Waals surface area (Å²) in [6, 6.07) is 15.0. The first-order chi connectivity index (χ1) is 16.2. The second kappa shape index (κ2) is 7.63. The number of phenolic OH excluding ortho intramolecular Hbond substituents is 1. The van der Waals surface area contributed by atoms with E-state index in [1.54, 1.807) is 23.1 Å². The number of anilines is 2. The van der Waals surface area contributed by atoms with Gasteiger partial charge in [0.05, 0.1) is 28.6 Å². The minimum atomic E-state index is -0.834. The molecule has 0 saturated heterocycles. The first-order valence-electron chi connectivity index (χ1n) is 11.1. The number of hydrogen-bond donors (Lipinski definition) is 4. The van der Waals surface area contributed by atoms with E-state index in [1.807, 2.05) is 38.1 Å². The van der Waals surface area contributed by atoms with Crippen molar-refractivity contribution in [2.45, 2.75) is 32.7 Å². The topological polar surface area (TPSA) is 120 Å². The molecule has 1 atom stereocenters. The molecule has 5 rings (SSSR count). The Morgan fingerprint density at radius 2 is 1.88 bits per heavy atom. The van der Waals surface area contributed by atoms with Crippen LogP contribution in [0.2, 0.25) is 0 Å². The van der Waals surface area contributed by atoms with Gasteiger partial charge in [0.15, 0.2) is 5.78 Å². The minimum Gasteiger partial charge on any atom is -0.507 e. The Morgan fingerprint density at radius 3 is 2.62 bits per heavy atom. The van der Waals surface area contributed by atoms with E-state index in [0.717, 1.165) is 5.70 Å². The molecule has 0 aromatic heterocycles. The van der Waals surface area contributed by atoms with Crippen molar-refractivity contribution in [3.8, 4) is 11.8 Å². The standard InChI is InChI=1S/C27H24N4O3/c1-27(2)12-19-23(22(33)13-27)24-17(25(34)16-7-3-6-10-21(16)32)11-15(14-28)26(29)31(24)20-9-5-4-8-18(20)30-19/h3-11,24,29-30,32,34H,12-13H2,1-2H3/b25-17-,29-26?. The molecule has 170 valence electrons. The summed E-state index contributed by atoms with van der Waals surface area (Å²) < 4.78 is 0. The van der Waals surface area contributed by atoms with Gasteiger partial charge in [-0.3, -0.25) is 10.2 Å². The van der Waals surface area contributed by atoms with E-state index in [1.165, 1.54) is 12.1 Å². The van der Waals surface area contributed by atoms with Crippen LogP contribution >= 0.6 is 0 Å². The number of nitriles is 1. The van der Waals surface area contributed by atoms with Crippen molar-refractivity contribution < 1.29 is 15.0 Å². The van der Waals surface area contributed by atoms with Gasteiger partial charge in [0.25, 0.3) is 0 Å². The van der Waals surface area contributed by atoms with Crippen LogP contribution < -0.4 is 10.2 Å². The molecule has 2 heterocycles. The summed E-state index contributed by atoms with van der Waals surface area (Å²) in [6.07, 6.45) is 2.39. The lowest BCUT2D eigenvalue weighted by atomic mass is 9.72. The average molecular weight is 453 g/mol. The van der Waals surface area contributed by atoms with Crippen molar-refractivity contribution in [1.82, 2.24) is 0 Å². The van der Waals surface area contributed by atoms with Gasteiger partial charge in [-0.05, 0) is 42.2 Å². The zero-order valence-corrected chi connectivity index (χ0v) is 18.9. The van der Waals surface area contributed by atoms with Crippen LogP contribution in [0.5, 0.6) is 5.75 Å². The lowest BCUT2D eigenvalue weighted by Crippen LogP contribution is -2.48. The molecule has 0 fully saturated rings. The summed E-state index contributed by atoms with van der Waals surface area (Å²) in [6.45, 7) is 4.08. The third-order valence-corrected chi connectivity index (χ3v) is 6.54. The number of aliphatic hydroxyl groups is 1. The van der Waals surface area contributed by atoms with Crippen molar-refractivity contribution in [1.29, 1.82) is 10.7 Å². The molecule has 2 aromatic carbocycles. The maximum atomic E-state index is 13.6. The molecule has 2 aromatic rings. The van der Waals surface area contributed by atoms with E-state index < -0.39 is 6.04 Å². The molecular weight excluding hydrogens is 428 g/mol. The zero-order valence-electron chi connectivity index (χ0n) is 18.9. The number of carbonyl (C=O) groups excluding carboxylic acids is 1. The van der Waals surface area contributed by atoms with Crippen LogP contribution in [-0.2, 0) is 4.79 Å². The number of phenols is 1. The summed E-state index contributed by atoms with van der Waals surface area (Å²) in [5.74, 6) is -0.492. The zero-order chi connectivity index (χ0) is 24.2. The van der Waals surface area contributed by atoms with E-state index in [-0.39, 0.29) is 45.3 Å². The van der Waals surface area contributed by atoms with Gasteiger partial charge < -0.3 is 20.4 Å². The number of para-hydroxylation sites is 3. The Kier molecular flexibility index (Phi) is 4.83.